The zero-order chi connectivity index (χ0) is 19.0. The second-order valence-corrected chi connectivity index (χ2v) is 6.49. The first-order chi connectivity index (χ1) is 13.1. The molecule has 5 nitrogen and oxygen atoms in total. The van der Waals surface area contributed by atoms with Crippen LogP contribution in [0.15, 0.2) is 55.1 Å². The van der Waals surface area contributed by atoms with Crippen LogP contribution in [0.4, 0.5) is 10.2 Å². The van der Waals surface area contributed by atoms with E-state index in [1.54, 1.807) is 22.7 Å². The molecule has 0 aliphatic carbocycles. The van der Waals surface area contributed by atoms with Gasteiger partial charge in [0, 0.05) is 23.2 Å². The Hall–Kier alpha value is -3.46. The van der Waals surface area contributed by atoms with Crippen molar-refractivity contribution < 1.29 is 4.39 Å². The van der Waals surface area contributed by atoms with E-state index in [4.69, 9.17) is 6.57 Å². The molecule has 1 atom stereocenters. The van der Waals surface area contributed by atoms with Gasteiger partial charge in [0.15, 0.2) is 0 Å². The van der Waals surface area contributed by atoms with Crippen molar-refractivity contribution in [3.05, 3.63) is 72.4 Å². The van der Waals surface area contributed by atoms with Crippen molar-refractivity contribution in [1.29, 1.82) is 0 Å². The van der Waals surface area contributed by atoms with E-state index in [1.165, 1.54) is 12.1 Å². The molecular weight excluding hydrogens is 341 g/mol. The Balaban J connectivity index is 1.96. The molecule has 27 heavy (non-hydrogen) atoms. The Morgan fingerprint density at radius 2 is 1.85 bits per heavy atom. The van der Waals surface area contributed by atoms with Gasteiger partial charge in [-0.05, 0) is 43.7 Å². The van der Waals surface area contributed by atoms with Crippen LogP contribution in [-0.2, 0) is 0 Å². The zero-order valence-electron chi connectivity index (χ0n) is 15.1. The highest BCUT2D eigenvalue weighted by Crippen LogP contribution is 2.34. The first-order valence-corrected chi connectivity index (χ1v) is 8.80. The number of aromatic nitrogens is 4. The number of fused-ring (bicyclic) bond motifs is 1. The minimum Gasteiger partial charge on any atom is -0.362 e. The third-order valence-electron chi connectivity index (χ3n) is 4.85. The largest absolute Gasteiger partial charge is 0.362 e. The lowest BCUT2D eigenvalue weighted by Crippen LogP contribution is -2.05. The van der Waals surface area contributed by atoms with E-state index < -0.39 is 0 Å². The summed E-state index contributed by atoms with van der Waals surface area (Å²) >= 11 is 0. The number of nitrogens with zero attached hydrogens (tertiary/aromatic N) is 5. The lowest BCUT2D eigenvalue weighted by molar-refractivity contribution is 0.535. The average Bonchev–Trinajstić information content (AvgIpc) is 3.31. The molecule has 0 bridgehead atoms. The van der Waals surface area contributed by atoms with Crippen molar-refractivity contribution in [2.24, 2.45) is 0 Å². The zero-order valence-corrected chi connectivity index (χ0v) is 15.1. The Labute approximate surface area is 156 Å². The Kier molecular flexibility index (Phi) is 4.21. The van der Waals surface area contributed by atoms with Gasteiger partial charge in [-0.1, -0.05) is 13.5 Å². The molecule has 0 radical (unpaired) electrons. The highest BCUT2D eigenvalue weighted by molar-refractivity contribution is 5.79. The number of imidazole rings is 2. The van der Waals surface area contributed by atoms with E-state index in [0.717, 1.165) is 34.6 Å². The summed E-state index contributed by atoms with van der Waals surface area (Å²) in [6.45, 7) is 11.6. The summed E-state index contributed by atoms with van der Waals surface area (Å²) in [5, 5.41) is 0. The molecule has 4 aromatic rings. The third kappa shape index (κ3) is 2.87. The molecule has 134 valence electrons. The van der Waals surface area contributed by atoms with Crippen LogP contribution in [0.25, 0.3) is 33.0 Å². The lowest BCUT2D eigenvalue weighted by Gasteiger charge is -2.16. The van der Waals surface area contributed by atoms with Crippen LogP contribution < -0.4 is 0 Å². The molecule has 0 fully saturated rings. The summed E-state index contributed by atoms with van der Waals surface area (Å²) < 4.78 is 17.3. The number of rotatable bonds is 4. The summed E-state index contributed by atoms with van der Waals surface area (Å²) in [7, 11) is 0. The first-order valence-electron chi connectivity index (χ1n) is 8.80. The minimum atomic E-state index is -0.275. The second-order valence-electron chi connectivity index (χ2n) is 6.49. The van der Waals surface area contributed by atoms with Crippen molar-refractivity contribution >= 4 is 11.5 Å². The fourth-order valence-corrected chi connectivity index (χ4v) is 3.19. The smallest absolute Gasteiger partial charge is 0.254 e. The van der Waals surface area contributed by atoms with E-state index in [-0.39, 0.29) is 11.9 Å². The van der Waals surface area contributed by atoms with Crippen LogP contribution in [0.1, 0.15) is 26.3 Å². The molecule has 1 unspecified atom stereocenters. The number of pyridine rings is 1. The number of halogens is 1. The minimum absolute atomic E-state index is 0.250. The van der Waals surface area contributed by atoms with E-state index in [9.17, 15) is 4.39 Å². The molecule has 0 spiro atoms. The highest BCUT2D eigenvalue weighted by Gasteiger charge is 2.19. The van der Waals surface area contributed by atoms with Gasteiger partial charge in [0.05, 0.1) is 30.1 Å². The lowest BCUT2D eigenvalue weighted by atomic mass is 10.0. The summed E-state index contributed by atoms with van der Waals surface area (Å²) in [6, 6.07) is 10.5. The maximum atomic E-state index is 13.4. The maximum absolute atomic E-state index is 13.4. The summed E-state index contributed by atoms with van der Waals surface area (Å²) in [5.74, 6) is 0.188. The van der Waals surface area contributed by atoms with Crippen LogP contribution in [-0.4, -0.2) is 18.9 Å². The quantitative estimate of drug-likeness (QED) is 0.450. The number of hydrogen-bond donors (Lipinski definition) is 0. The van der Waals surface area contributed by atoms with E-state index in [0.29, 0.717) is 5.82 Å². The number of hydrogen-bond acceptors (Lipinski definition) is 2. The van der Waals surface area contributed by atoms with Gasteiger partial charge in [0.25, 0.3) is 5.82 Å². The van der Waals surface area contributed by atoms with Crippen molar-refractivity contribution in [2.75, 3.05) is 0 Å². The Bertz CT molecular complexity index is 1150. The van der Waals surface area contributed by atoms with Crippen molar-refractivity contribution in [2.45, 2.75) is 26.3 Å². The summed E-state index contributed by atoms with van der Waals surface area (Å²) in [6.07, 6.45) is 6.26. The van der Waals surface area contributed by atoms with Crippen LogP contribution in [0, 0.1) is 12.4 Å². The van der Waals surface area contributed by atoms with Crippen molar-refractivity contribution in [3.63, 3.8) is 0 Å². The van der Waals surface area contributed by atoms with E-state index in [2.05, 4.69) is 33.2 Å². The highest BCUT2D eigenvalue weighted by atomic mass is 19.1. The standard InChI is InChI=1S/C21H18FN5/c1-4-14(2)27-13-25-20(15-5-8-17(22)9-6-15)21(27)16-7-10-18-24-11-19(23-3)26(18)12-16/h5-14H,4H2,1-2H3. The van der Waals surface area contributed by atoms with Crippen LogP contribution in [0.3, 0.4) is 0 Å². The fraction of sp³-hybridized carbons (Fsp3) is 0.190. The molecule has 0 saturated carbocycles. The molecule has 4 rings (SSSR count). The Morgan fingerprint density at radius 1 is 1.11 bits per heavy atom. The van der Waals surface area contributed by atoms with E-state index in [1.807, 2.05) is 24.7 Å². The molecule has 3 heterocycles. The molecule has 6 heteroatoms. The van der Waals surface area contributed by atoms with Crippen LogP contribution >= 0.6 is 0 Å². The Morgan fingerprint density at radius 3 is 2.56 bits per heavy atom. The van der Waals surface area contributed by atoms with E-state index >= 15 is 0 Å². The molecule has 0 aliphatic rings. The maximum Gasteiger partial charge on any atom is 0.254 e. The molecule has 0 saturated heterocycles. The molecule has 1 aromatic carbocycles. The van der Waals surface area contributed by atoms with Crippen LogP contribution in [0.5, 0.6) is 0 Å². The van der Waals surface area contributed by atoms with Gasteiger partial charge in [-0.3, -0.25) is 0 Å². The third-order valence-corrected chi connectivity index (χ3v) is 4.85. The monoisotopic (exact) mass is 359 g/mol. The molecule has 0 amide bonds. The molecule has 0 aliphatic heterocycles. The molecule has 3 aromatic heterocycles. The van der Waals surface area contributed by atoms with Crippen molar-refractivity contribution in [1.82, 2.24) is 18.9 Å². The first kappa shape index (κ1) is 17.0. The second kappa shape index (κ2) is 6.69. The van der Waals surface area contributed by atoms with Gasteiger partial charge in [-0.2, -0.15) is 0 Å². The molecule has 0 N–H and O–H groups in total. The van der Waals surface area contributed by atoms with Gasteiger partial charge < -0.3 is 9.41 Å². The van der Waals surface area contributed by atoms with Crippen LogP contribution in [0.2, 0.25) is 0 Å². The van der Waals surface area contributed by atoms with Crippen molar-refractivity contribution in [3.8, 4) is 22.5 Å². The van der Waals surface area contributed by atoms with Gasteiger partial charge >= 0.3 is 0 Å². The average molecular weight is 359 g/mol. The number of benzene rings is 1. The van der Waals surface area contributed by atoms with Gasteiger partial charge in [-0.25, -0.2) is 18.8 Å². The summed E-state index contributed by atoms with van der Waals surface area (Å²) in [4.78, 5) is 12.4. The SMILES string of the molecule is [C-]#[N+]c1cnc2ccc(-c3c(-c4ccc(F)cc4)ncn3C(C)CC)cn12. The van der Waals surface area contributed by atoms with Gasteiger partial charge in [0.1, 0.15) is 5.82 Å². The topological polar surface area (TPSA) is 39.5 Å². The normalized spacial score (nSPS) is 12.2. The van der Waals surface area contributed by atoms with Gasteiger partial charge in [-0.15, -0.1) is 0 Å². The predicted octanol–water partition coefficient (Wildman–Crippen LogP) is 5.53. The predicted molar refractivity (Wildman–Crippen MR) is 103 cm³/mol. The summed E-state index contributed by atoms with van der Waals surface area (Å²) in [5.41, 5.74) is 4.25. The van der Waals surface area contributed by atoms with Gasteiger partial charge in [0.2, 0.25) is 5.65 Å². The molecular formula is C21H18FN5. The fourth-order valence-electron chi connectivity index (χ4n) is 3.19.